The second kappa shape index (κ2) is 11.6. The lowest BCUT2D eigenvalue weighted by Gasteiger charge is -2.35. The molecule has 0 bridgehead atoms. The van der Waals surface area contributed by atoms with Crippen LogP contribution in [0, 0.1) is 0 Å². The lowest BCUT2D eigenvalue weighted by atomic mass is 9.99. The number of anilines is 2. The number of imide groups is 1. The smallest absolute Gasteiger partial charge is 0.338 e. The van der Waals surface area contributed by atoms with Crippen molar-refractivity contribution in [2.24, 2.45) is 0 Å². The van der Waals surface area contributed by atoms with Crippen LogP contribution in [0.3, 0.4) is 0 Å². The monoisotopic (exact) mass is 523 g/mol. The number of ether oxygens (including phenoxy) is 1. The molecule has 1 saturated heterocycles. The standard InChI is InChI=1S/C28H30ClN3O5/c1-3-16-37-28(36)19-8-7-10-22(17-19)32-26(34)23(29)24(27(32)35)30-20-13-11-18(12-14-20)25(33)31-15-6-5-9-21(31)4-2/h7-8,10-14,17,21,30H,3-6,9,15-16H2,1-2H3. The van der Waals surface area contributed by atoms with Crippen molar-refractivity contribution in [3.05, 3.63) is 70.4 Å². The summed E-state index contributed by atoms with van der Waals surface area (Å²) in [5.74, 6) is -1.89. The van der Waals surface area contributed by atoms with Gasteiger partial charge in [0.1, 0.15) is 10.7 Å². The quantitative estimate of drug-likeness (QED) is 0.382. The molecule has 0 aliphatic carbocycles. The molecule has 0 spiro atoms. The number of rotatable bonds is 8. The Balaban J connectivity index is 1.48. The number of hydrogen-bond acceptors (Lipinski definition) is 6. The fraction of sp³-hybridized carbons (Fsp3) is 0.357. The third-order valence-electron chi connectivity index (χ3n) is 6.57. The van der Waals surface area contributed by atoms with Crippen molar-refractivity contribution in [2.75, 3.05) is 23.4 Å². The van der Waals surface area contributed by atoms with E-state index in [0.29, 0.717) is 17.7 Å². The van der Waals surface area contributed by atoms with Crippen LogP contribution in [0.4, 0.5) is 11.4 Å². The highest BCUT2D eigenvalue weighted by Crippen LogP contribution is 2.31. The van der Waals surface area contributed by atoms with Crippen LogP contribution in [0.2, 0.25) is 0 Å². The fourth-order valence-electron chi connectivity index (χ4n) is 4.59. The van der Waals surface area contributed by atoms with E-state index in [1.165, 1.54) is 6.07 Å². The van der Waals surface area contributed by atoms with Crippen molar-refractivity contribution in [3.63, 3.8) is 0 Å². The average molecular weight is 524 g/mol. The van der Waals surface area contributed by atoms with Crippen molar-refractivity contribution in [1.82, 2.24) is 4.90 Å². The number of carbonyl (C=O) groups excluding carboxylic acids is 4. The Morgan fingerprint density at radius 1 is 1.03 bits per heavy atom. The van der Waals surface area contributed by atoms with Crippen LogP contribution in [0.1, 0.15) is 66.7 Å². The molecule has 194 valence electrons. The summed E-state index contributed by atoms with van der Waals surface area (Å²) in [5, 5.41) is 2.66. The SMILES string of the molecule is CCCOC(=O)c1cccc(N2C(=O)C(Cl)=C(Nc3ccc(C(=O)N4CCCCC4CC)cc3)C2=O)c1. The van der Waals surface area contributed by atoms with Crippen LogP contribution < -0.4 is 10.2 Å². The third-order valence-corrected chi connectivity index (χ3v) is 6.92. The minimum absolute atomic E-state index is 0.00834. The zero-order valence-corrected chi connectivity index (χ0v) is 21.7. The number of esters is 1. The maximum Gasteiger partial charge on any atom is 0.338 e. The Kier molecular flexibility index (Phi) is 8.28. The summed E-state index contributed by atoms with van der Waals surface area (Å²) in [6, 6.07) is 13.1. The molecule has 4 rings (SSSR count). The highest BCUT2D eigenvalue weighted by atomic mass is 35.5. The van der Waals surface area contributed by atoms with Crippen molar-refractivity contribution in [2.45, 2.75) is 52.0 Å². The molecule has 2 aliphatic rings. The van der Waals surface area contributed by atoms with E-state index >= 15 is 0 Å². The summed E-state index contributed by atoms with van der Waals surface area (Å²) in [7, 11) is 0. The molecular weight excluding hydrogens is 494 g/mol. The second-order valence-electron chi connectivity index (χ2n) is 9.08. The van der Waals surface area contributed by atoms with Crippen LogP contribution in [0.5, 0.6) is 0 Å². The largest absolute Gasteiger partial charge is 0.462 e. The van der Waals surface area contributed by atoms with Gasteiger partial charge in [0.15, 0.2) is 0 Å². The minimum Gasteiger partial charge on any atom is -0.462 e. The number of nitrogens with one attached hydrogen (secondary N) is 1. The molecule has 9 heteroatoms. The van der Waals surface area contributed by atoms with E-state index in [0.717, 1.165) is 37.1 Å². The van der Waals surface area contributed by atoms with Gasteiger partial charge in [0.2, 0.25) is 0 Å². The first-order valence-electron chi connectivity index (χ1n) is 12.6. The highest BCUT2D eigenvalue weighted by molar-refractivity contribution is 6.53. The maximum atomic E-state index is 13.2. The minimum atomic E-state index is -0.698. The number of piperidine rings is 1. The lowest BCUT2D eigenvalue weighted by Crippen LogP contribution is -2.43. The molecule has 0 saturated carbocycles. The summed E-state index contributed by atoms with van der Waals surface area (Å²) >= 11 is 6.26. The Bertz CT molecular complexity index is 1240. The van der Waals surface area contributed by atoms with E-state index in [1.807, 2.05) is 11.8 Å². The molecule has 1 N–H and O–H groups in total. The van der Waals surface area contributed by atoms with Crippen molar-refractivity contribution >= 4 is 46.7 Å². The zero-order chi connectivity index (χ0) is 26.5. The van der Waals surface area contributed by atoms with Crippen LogP contribution in [-0.2, 0) is 14.3 Å². The van der Waals surface area contributed by atoms with Gasteiger partial charge in [-0.2, -0.15) is 0 Å². The molecule has 1 atom stereocenters. The predicted octanol–water partition coefficient (Wildman–Crippen LogP) is 5.09. The first kappa shape index (κ1) is 26.4. The predicted molar refractivity (Wildman–Crippen MR) is 141 cm³/mol. The van der Waals surface area contributed by atoms with Gasteiger partial charge in [-0.05, 0) is 74.6 Å². The Morgan fingerprint density at radius 3 is 2.49 bits per heavy atom. The van der Waals surface area contributed by atoms with Gasteiger partial charge >= 0.3 is 5.97 Å². The average Bonchev–Trinajstić information content (AvgIpc) is 3.14. The molecule has 8 nitrogen and oxygen atoms in total. The van der Waals surface area contributed by atoms with Gasteiger partial charge in [-0.25, -0.2) is 9.69 Å². The Morgan fingerprint density at radius 2 is 1.78 bits per heavy atom. The third kappa shape index (κ3) is 5.54. The van der Waals surface area contributed by atoms with Gasteiger partial charge < -0.3 is 15.0 Å². The number of halogens is 1. The van der Waals surface area contributed by atoms with E-state index in [4.69, 9.17) is 16.3 Å². The van der Waals surface area contributed by atoms with Crippen LogP contribution in [0.15, 0.2) is 59.3 Å². The molecule has 2 aromatic carbocycles. The van der Waals surface area contributed by atoms with E-state index in [9.17, 15) is 19.2 Å². The summed E-state index contributed by atoms with van der Waals surface area (Å²) in [5.41, 5.74) is 1.43. The summed E-state index contributed by atoms with van der Waals surface area (Å²) in [6.45, 7) is 5.01. The van der Waals surface area contributed by atoms with Crippen LogP contribution in [0.25, 0.3) is 0 Å². The number of nitrogens with zero attached hydrogens (tertiary/aromatic N) is 2. The number of likely N-dealkylation sites (tertiary alicyclic amines) is 1. The topological polar surface area (TPSA) is 96.0 Å². The molecule has 2 aromatic rings. The van der Waals surface area contributed by atoms with E-state index in [-0.39, 0.29) is 40.5 Å². The van der Waals surface area contributed by atoms with Crippen LogP contribution in [-0.4, -0.2) is 47.8 Å². The highest BCUT2D eigenvalue weighted by Gasteiger charge is 2.39. The van der Waals surface area contributed by atoms with Gasteiger partial charge in [-0.1, -0.05) is 31.5 Å². The molecule has 2 aliphatic heterocycles. The molecule has 1 fully saturated rings. The number of amides is 3. The second-order valence-corrected chi connectivity index (χ2v) is 9.46. The zero-order valence-electron chi connectivity index (χ0n) is 21.0. The molecule has 3 amide bonds. The molecule has 0 aromatic heterocycles. The number of benzene rings is 2. The van der Waals surface area contributed by atoms with Gasteiger partial charge in [0.25, 0.3) is 17.7 Å². The normalized spacial score (nSPS) is 17.9. The lowest BCUT2D eigenvalue weighted by molar-refractivity contribution is -0.120. The molecule has 1 unspecified atom stereocenters. The number of carbonyl (C=O) groups is 4. The van der Waals surface area contributed by atoms with E-state index < -0.39 is 17.8 Å². The van der Waals surface area contributed by atoms with Crippen molar-refractivity contribution in [1.29, 1.82) is 0 Å². The molecule has 0 radical (unpaired) electrons. The molecular formula is C28H30ClN3O5. The van der Waals surface area contributed by atoms with Gasteiger partial charge in [0, 0.05) is 23.8 Å². The van der Waals surface area contributed by atoms with Gasteiger partial charge in [0.05, 0.1) is 17.9 Å². The Hall–Kier alpha value is -3.65. The number of hydrogen-bond donors (Lipinski definition) is 1. The van der Waals surface area contributed by atoms with E-state index in [1.54, 1.807) is 42.5 Å². The summed E-state index contributed by atoms with van der Waals surface area (Å²) in [6.07, 6.45) is 4.76. The van der Waals surface area contributed by atoms with Gasteiger partial charge in [-0.15, -0.1) is 0 Å². The van der Waals surface area contributed by atoms with Crippen molar-refractivity contribution in [3.8, 4) is 0 Å². The summed E-state index contributed by atoms with van der Waals surface area (Å²) < 4.78 is 5.14. The first-order valence-corrected chi connectivity index (χ1v) is 13.0. The Labute approximate surface area is 221 Å². The van der Waals surface area contributed by atoms with E-state index in [2.05, 4.69) is 12.2 Å². The molecule has 2 heterocycles. The fourth-order valence-corrected chi connectivity index (χ4v) is 4.81. The summed E-state index contributed by atoms with van der Waals surface area (Å²) in [4.78, 5) is 54.1. The maximum absolute atomic E-state index is 13.2. The van der Waals surface area contributed by atoms with Crippen molar-refractivity contribution < 1.29 is 23.9 Å². The van der Waals surface area contributed by atoms with Crippen LogP contribution >= 0.6 is 11.6 Å². The first-order chi connectivity index (χ1) is 17.8. The van der Waals surface area contributed by atoms with Gasteiger partial charge in [-0.3, -0.25) is 14.4 Å². The molecule has 37 heavy (non-hydrogen) atoms.